The summed E-state index contributed by atoms with van der Waals surface area (Å²) in [5.41, 5.74) is 2.03. The highest BCUT2D eigenvalue weighted by Gasteiger charge is 2.28. The first-order valence-corrected chi connectivity index (χ1v) is 10.3. The fraction of sp³-hybridized carbons (Fsp3) is 0.364. The van der Waals surface area contributed by atoms with E-state index in [1.54, 1.807) is 18.2 Å². The van der Waals surface area contributed by atoms with Crippen LogP contribution in [0.25, 0.3) is 11.4 Å². The summed E-state index contributed by atoms with van der Waals surface area (Å²) in [4.78, 5) is 12.8. The SMILES string of the molecule is CCCOc1ccc(C(=O)Nc2cccc(-c3nnnn3C3CC3)c2)cc1OCC. The van der Waals surface area contributed by atoms with Crippen molar-refractivity contribution in [3.63, 3.8) is 0 Å². The molecular formula is C22H25N5O3. The maximum absolute atomic E-state index is 12.8. The summed E-state index contributed by atoms with van der Waals surface area (Å²) in [5.74, 6) is 1.70. The first-order valence-electron chi connectivity index (χ1n) is 10.3. The number of carbonyl (C=O) groups excluding carboxylic acids is 1. The predicted octanol–water partition coefficient (Wildman–Crippen LogP) is 4.11. The van der Waals surface area contributed by atoms with Crippen LogP contribution >= 0.6 is 0 Å². The molecule has 1 aromatic heterocycles. The molecule has 0 atom stereocenters. The number of anilines is 1. The van der Waals surface area contributed by atoms with Crippen molar-refractivity contribution >= 4 is 11.6 Å². The number of nitrogens with one attached hydrogen (secondary N) is 1. The molecule has 1 N–H and O–H groups in total. The van der Waals surface area contributed by atoms with Gasteiger partial charge < -0.3 is 14.8 Å². The summed E-state index contributed by atoms with van der Waals surface area (Å²) < 4.78 is 13.2. The van der Waals surface area contributed by atoms with Crippen LogP contribution in [0.4, 0.5) is 5.69 Å². The summed E-state index contributed by atoms with van der Waals surface area (Å²) >= 11 is 0. The van der Waals surface area contributed by atoms with Crippen molar-refractivity contribution in [2.45, 2.75) is 39.2 Å². The monoisotopic (exact) mass is 407 g/mol. The van der Waals surface area contributed by atoms with Crippen LogP contribution in [0.1, 0.15) is 49.5 Å². The van der Waals surface area contributed by atoms with Gasteiger partial charge in [-0.3, -0.25) is 4.79 Å². The Labute approximate surface area is 175 Å². The molecule has 1 aliphatic carbocycles. The van der Waals surface area contributed by atoms with Crippen LogP contribution in [0, 0.1) is 0 Å². The second-order valence-corrected chi connectivity index (χ2v) is 7.16. The minimum Gasteiger partial charge on any atom is -0.490 e. The Bertz CT molecular complexity index is 1030. The fourth-order valence-corrected chi connectivity index (χ4v) is 3.14. The molecule has 1 heterocycles. The van der Waals surface area contributed by atoms with Crippen LogP contribution in [0.3, 0.4) is 0 Å². The van der Waals surface area contributed by atoms with Crippen LogP contribution in [-0.4, -0.2) is 39.3 Å². The van der Waals surface area contributed by atoms with Gasteiger partial charge in [0.25, 0.3) is 5.91 Å². The predicted molar refractivity (Wildman–Crippen MR) is 113 cm³/mol. The van der Waals surface area contributed by atoms with E-state index in [-0.39, 0.29) is 5.91 Å². The summed E-state index contributed by atoms with van der Waals surface area (Å²) in [5, 5.41) is 15.0. The number of tetrazole rings is 1. The third kappa shape index (κ3) is 4.42. The lowest BCUT2D eigenvalue weighted by atomic mass is 10.1. The second-order valence-electron chi connectivity index (χ2n) is 7.16. The zero-order valence-corrected chi connectivity index (χ0v) is 17.2. The minimum atomic E-state index is -0.225. The van der Waals surface area contributed by atoms with E-state index < -0.39 is 0 Å². The van der Waals surface area contributed by atoms with Gasteiger partial charge in [0.05, 0.1) is 19.3 Å². The van der Waals surface area contributed by atoms with Gasteiger partial charge in [0.2, 0.25) is 0 Å². The number of rotatable bonds is 9. The van der Waals surface area contributed by atoms with Crippen molar-refractivity contribution in [3.8, 4) is 22.9 Å². The van der Waals surface area contributed by atoms with E-state index in [4.69, 9.17) is 9.47 Å². The second kappa shape index (κ2) is 8.94. The Morgan fingerprint density at radius 2 is 2.00 bits per heavy atom. The minimum absolute atomic E-state index is 0.225. The highest BCUT2D eigenvalue weighted by atomic mass is 16.5. The highest BCUT2D eigenvalue weighted by molar-refractivity contribution is 6.04. The molecular weight excluding hydrogens is 382 g/mol. The first kappa shape index (κ1) is 19.9. The van der Waals surface area contributed by atoms with E-state index in [0.717, 1.165) is 24.8 Å². The van der Waals surface area contributed by atoms with E-state index in [9.17, 15) is 4.79 Å². The molecule has 2 aromatic carbocycles. The molecule has 0 radical (unpaired) electrons. The maximum Gasteiger partial charge on any atom is 0.255 e. The van der Waals surface area contributed by atoms with E-state index in [0.29, 0.717) is 47.8 Å². The molecule has 1 aliphatic rings. The Kier molecular flexibility index (Phi) is 5.92. The lowest BCUT2D eigenvalue weighted by Crippen LogP contribution is -2.12. The molecule has 0 bridgehead atoms. The van der Waals surface area contributed by atoms with Gasteiger partial charge in [-0.25, -0.2) is 4.68 Å². The standard InChI is InChI=1S/C22H25N5O3/c1-3-12-30-19-11-8-16(14-20(19)29-4-2)22(28)23-17-7-5-6-15(13-17)21-24-25-26-27(21)18-9-10-18/h5-8,11,13-14,18H,3-4,9-10,12H2,1-2H3,(H,23,28). The lowest BCUT2D eigenvalue weighted by molar-refractivity contribution is 0.102. The number of hydrogen-bond acceptors (Lipinski definition) is 6. The van der Waals surface area contributed by atoms with Gasteiger partial charge in [-0.05, 0) is 66.9 Å². The number of amides is 1. The molecule has 30 heavy (non-hydrogen) atoms. The first-order chi connectivity index (χ1) is 14.7. The number of ether oxygens (including phenoxy) is 2. The number of hydrogen-bond donors (Lipinski definition) is 1. The van der Waals surface area contributed by atoms with E-state index in [2.05, 4.69) is 20.8 Å². The van der Waals surface area contributed by atoms with Gasteiger partial charge in [-0.2, -0.15) is 0 Å². The Balaban J connectivity index is 1.52. The molecule has 0 unspecified atom stereocenters. The maximum atomic E-state index is 12.8. The largest absolute Gasteiger partial charge is 0.490 e. The molecule has 0 spiro atoms. The zero-order chi connectivity index (χ0) is 20.9. The van der Waals surface area contributed by atoms with E-state index in [1.807, 2.05) is 42.8 Å². The summed E-state index contributed by atoms with van der Waals surface area (Å²) in [6.45, 7) is 5.03. The average molecular weight is 407 g/mol. The van der Waals surface area contributed by atoms with Crippen molar-refractivity contribution in [1.29, 1.82) is 0 Å². The molecule has 8 nitrogen and oxygen atoms in total. The Morgan fingerprint density at radius 3 is 2.77 bits per heavy atom. The number of nitrogens with zero attached hydrogens (tertiary/aromatic N) is 4. The zero-order valence-electron chi connectivity index (χ0n) is 17.2. The molecule has 8 heteroatoms. The van der Waals surface area contributed by atoms with Crippen LogP contribution in [-0.2, 0) is 0 Å². The topological polar surface area (TPSA) is 91.2 Å². The molecule has 156 valence electrons. The van der Waals surface area contributed by atoms with Crippen molar-refractivity contribution in [1.82, 2.24) is 20.2 Å². The van der Waals surface area contributed by atoms with Gasteiger partial charge in [0.15, 0.2) is 17.3 Å². The van der Waals surface area contributed by atoms with Crippen molar-refractivity contribution in [2.24, 2.45) is 0 Å². The molecule has 1 saturated carbocycles. The normalized spacial score (nSPS) is 13.1. The third-order valence-corrected chi connectivity index (χ3v) is 4.73. The van der Waals surface area contributed by atoms with Gasteiger partial charge in [0, 0.05) is 16.8 Å². The van der Waals surface area contributed by atoms with E-state index >= 15 is 0 Å². The van der Waals surface area contributed by atoms with Gasteiger partial charge in [-0.15, -0.1) is 5.10 Å². The lowest BCUT2D eigenvalue weighted by Gasteiger charge is -2.13. The quantitative estimate of drug-likeness (QED) is 0.574. The van der Waals surface area contributed by atoms with Crippen LogP contribution in [0.15, 0.2) is 42.5 Å². The van der Waals surface area contributed by atoms with Crippen molar-refractivity contribution < 1.29 is 14.3 Å². The Hall–Kier alpha value is -3.42. The summed E-state index contributed by atoms with van der Waals surface area (Å²) in [6, 6.07) is 13.1. The third-order valence-electron chi connectivity index (χ3n) is 4.73. The van der Waals surface area contributed by atoms with Gasteiger partial charge >= 0.3 is 0 Å². The smallest absolute Gasteiger partial charge is 0.255 e. The van der Waals surface area contributed by atoms with Crippen LogP contribution < -0.4 is 14.8 Å². The highest BCUT2D eigenvalue weighted by Crippen LogP contribution is 2.37. The number of carbonyl (C=O) groups is 1. The van der Waals surface area contributed by atoms with Crippen molar-refractivity contribution in [2.75, 3.05) is 18.5 Å². The number of aromatic nitrogens is 4. The number of benzene rings is 2. The average Bonchev–Trinajstić information content (AvgIpc) is 3.49. The van der Waals surface area contributed by atoms with Gasteiger partial charge in [0.1, 0.15) is 0 Å². The molecule has 0 aliphatic heterocycles. The molecule has 3 aromatic rings. The van der Waals surface area contributed by atoms with Crippen molar-refractivity contribution in [3.05, 3.63) is 48.0 Å². The molecule has 0 saturated heterocycles. The van der Waals surface area contributed by atoms with Gasteiger partial charge in [-0.1, -0.05) is 19.1 Å². The molecule has 1 amide bonds. The Morgan fingerprint density at radius 1 is 1.13 bits per heavy atom. The summed E-state index contributed by atoms with van der Waals surface area (Å²) in [7, 11) is 0. The van der Waals surface area contributed by atoms with Crippen LogP contribution in [0.2, 0.25) is 0 Å². The van der Waals surface area contributed by atoms with E-state index in [1.165, 1.54) is 0 Å². The molecule has 4 rings (SSSR count). The fourth-order valence-electron chi connectivity index (χ4n) is 3.14. The molecule has 1 fully saturated rings. The summed E-state index contributed by atoms with van der Waals surface area (Å²) in [6.07, 6.45) is 3.08. The van der Waals surface area contributed by atoms with Crippen LogP contribution in [0.5, 0.6) is 11.5 Å².